The van der Waals surface area contributed by atoms with Gasteiger partial charge in [-0.25, -0.2) is 9.48 Å². The van der Waals surface area contributed by atoms with Gasteiger partial charge in [0.25, 0.3) is 0 Å². The van der Waals surface area contributed by atoms with Crippen LogP contribution in [0.2, 0.25) is 0 Å². The van der Waals surface area contributed by atoms with E-state index < -0.39 is 0 Å². The number of rotatable bonds is 4. The van der Waals surface area contributed by atoms with Crippen LogP contribution in [0.15, 0.2) is 85.1 Å². The SMILES string of the molecule is O=C(Nc1ccc(-c2cn(Cc3ccccc3)nn2)cc1)N1Cc2ccccc2C1. The number of carbonyl (C=O) groups is 1. The van der Waals surface area contributed by atoms with Crippen molar-refractivity contribution in [1.29, 1.82) is 0 Å². The van der Waals surface area contributed by atoms with Crippen molar-refractivity contribution in [2.45, 2.75) is 19.6 Å². The molecule has 0 fully saturated rings. The molecule has 3 aromatic carbocycles. The van der Waals surface area contributed by atoms with E-state index in [4.69, 9.17) is 0 Å². The summed E-state index contributed by atoms with van der Waals surface area (Å²) in [7, 11) is 0. The standard InChI is InChI=1S/C24H21N5O/c30-24(28-15-20-8-4-5-9-21(20)16-28)25-22-12-10-19(11-13-22)23-17-29(27-26-23)14-18-6-2-1-3-7-18/h1-13,17H,14-16H2,(H,25,30). The fraction of sp³-hybridized carbons (Fsp3) is 0.125. The lowest BCUT2D eigenvalue weighted by Gasteiger charge is -2.16. The first-order valence-corrected chi connectivity index (χ1v) is 9.92. The molecule has 2 heterocycles. The number of benzene rings is 3. The summed E-state index contributed by atoms with van der Waals surface area (Å²) >= 11 is 0. The van der Waals surface area contributed by atoms with Gasteiger partial charge in [-0.15, -0.1) is 5.10 Å². The molecule has 0 bridgehead atoms. The number of nitrogens with zero attached hydrogens (tertiary/aromatic N) is 4. The molecule has 1 aliphatic heterocycles. The quantitative estimate of drug-likeness (QED) is 0.552. The first-order valence-electron chi connectivity index (χ1n) is 9.92. The summed E-state index contributed by atoms with van der Waals surface area (Å²) in [6, 6.07) is 25.9. The third-order valence-electron chi connectivity index (χ3n) is 5.29. The van der Waals surface area contributed by atoms with Crippen molar-refractivity contribution in [2.75, 3.05) is 5.32 Å². The predicted octanol–water partition coefficient (Wildman–Crippen LogP) is 4.54. The van der Waals surface area contributed by atoms with Gasteiger partial charge in [0.05, 0.1) is 12.7 Å². The van der Waals surface area contributed by atoms with Gasteiger partial charge in [-0.2, -0.15) is 0 Å². The molecule has 0 saturated heterocycles. The van der Waals surface area contributed by atoms with Crippen molar-refractivity contribution in [3.8, 4) is 11.3 Å². The summed E-state index contributed by atoms with van der Waals surface area (Å²) in [4.78, 5) is 14.4. The Morgan fingerprint density at radius 3 is 2.23 bits per heavy atom. The molecule has 6 heteroatoms. The molecule has 148 valence electrons. The zero-order valence-electron chi connectivity index (χ0n) is 16.4. The summed E-state index contributed by atoms with van der Waals surface area (Å²) < 4.78 is 1.82. The Kier molecular flexibility index (Phi) is 4.73. The number of nitrogens with one attached hydrogen (secondary N) is 1. The highest BCUT2D eigenvalue weighted by atomic mass is 16.2. The van der Waals surface area contributed by atoms with E-state index in [1.165, 1.54) is 16.7 Å². The third-order valence-corrected chi connectivity index (χ3v) is 5.29. The van der Waals surface area contributed by atoms with Gasteiger partial charge in [0.15, 0.2) is 0 Å². The van der Waals surface area contributed by atoms with E-state index >= 15 is 0 Å². The highest BCUT2D eigenvalue weighted by Gasteiger charge is 2.22. The number of fused-ring (bicyclic) bond motifs is 1. The Bertz CT molecular complexity index is 1140. The number of amides is 2. The molecule has 6 nitrogen and oxygen atoms in total. The Morgan fingerprint density at radius 1 is 0.867 bits per heavy atom. The van der Waals surface area contributed by atoms with Crippen LogP contribution in [0.3, 0.4) is 0 Å². The van der Waals surface area contributed by atoms with E-state index in [0.29, 0.717) is 19.6 Å². The maximum absolute atomic E-state index is 12.6. The van der Waals surface area contributed by atoms with Gasteiger partial charge in [0, 0.05) is 24.3 Å². The second-order valence-electron chi connectivity index (χ2n) is 7.42. The van der Waals surface area contributed by atoms with Gasteiger partial charge in [0.2, 0.25) is 0 Å². The van der Waals surface area contributed by atoms with Gasteiger partial charge in [-0.1, -0.05) is 71.9 Å². The van der Waals surface area contributed by atoms with Crippen LogP contribution in [0.4, 0.5) is 10.5 Å². The van der Waals surface area contributed by atoms with Gasteiger partial charge < -0.3 is 10.2 Å². The second kappa shape index (κ2) is 7.83. The minimum Gasteiger partial charge on any atom is -0.316 e. The first-order chi connectivity index (χ1) is 14.7. The fourth-order valence-electron chi connectivity index (χ4n) is 3.68. The smallest absolute Gasteiger partial charge is 0.316 e. The molecule has 0 aliphatic carbocycles. The Labute approximate surface area is 174 Å². The fourth-order valence-corrected chi connectivity index (χ4v) is 3.68. The Hall–Kier alpha value is -3.93. The molecular weight excluding hydrogens is 374 g/mol. The molecule has 0 radical (unpaired) electrons. The molecule has 1 N–H and O–H groups in total. The molecule has 0 atom stereocenters. The minimum atomic E-state index is -0.0900. The molecule has 0 spiro atoms. The van der Waals surface area contributed by atoms with Crippen molar-refractivity contribution in [3.63, 3.8) is 0 Å². The van der Waals surface area contributed by atoms with E-state index in [1.807, 2.05) is 70.4 Å². The van der Waals surface area contributed by atoms with Crippen LogP contribution in [-0.2, 0) is 19.6 Å². The zero-order chi connectivity index (χ0) is 20.3. The van der Waals surface area contributed by atoms with Crippen LogP contribution < -0.4 is 5.32 Å². The van der Waals surface area contributed by atoms with E-state index in [1.54, 1.807) is 0 Å². The maximum Gasteiger partial charge on any atom is 0.322 e. The summed E-state index contributed by atoms with van der Waals surface area (Å²) in [6.07, 6.45) is 1.93. The van der Waals surface area contributed by atoms with Crippen molar-refractivity contribution in [1.82, 2.24) is 19.9 Å². The van der Waals surface area contributed by atoms with Crippen LogP contribution in [0.25, 0.3) is 11.3 Å². The molecule has 5 rings (SSSR count). The van der Waals surface area contributed by atoms with Gasteiger partial charge in [0.1, 0.15) is 5.69 Å². The van der Waals surface area contributed by atoms with Crippen LogP contribution in [0.5, 0.6) is 0 Å². The molecule has 1 aliphatic rings. The van der Waals surface area contributed by atoms with E-state index in [0.717, 1.165) is 16.9 Å². The summed E-state index contributed by atoms with van der Waals surface area (Å²) in [6.45, 7) is 1.97. The highest BCUT2D eigenvalue weighted by molar-refractivity contribution is 5.90. The zero-order valence-corrected chi connectivity index (χ0v) is 16.4. The summed E-state index contributed by atoms with van der Waals surface area (Å²) in [5.41, 5.74) is 6.12. The molecule has 30 heavy (non-hydrogen) atoms. The summed E-state index contributed by atoms with van der Waals surface area (Å²) in [5.74, 6) is 0. The van der Waals surface area contributed by atoms with Crippen molar-refractivity contribution in [2.24, 2.45) is 0 Å². The normalized spacial score (nSPS) is 12.6. The number of hydrogen-bond acceptors (Lipinski definition) is 3. The number of urea groups is 1. The van der Waals surface area contributed by atoms with Crippen LogP contribution >= 0.6 is 0 Å². The minimum absolute atomic E-state index is 0.0900. The molecule has 4 aromatic rings. The highest BCUT2D eigenvalue weighted by Crippen LogP contribution is 2.24. The summed E-state index contributed by atoms with van der Waals surface area (Å²) in [5, 5.41) is 11.5. The van der Waals surface area contributed by atoms with E-state index in [9.17, 15) is 4.79 Å². The lowest BCUT2D eigenvalue weighted by atomic mass is 10.1. The first kappa shape index (κ1) is 18.1. The maximum atomic E-state index is 12.6. The topological polar surface area (TPSA) is 63.1 Å². The number of carbonyl (C=O) groups excluding carboxylic acids is 1. The van der Waals surface area contributed by atoms with E-state index in [-0.39, 0.29) is 6.03 Å². The Balaban J connectivity index is 1.22. The van der Waals surface area contributed by atoms with Gasteiger partial charge >= 0.3 is 6.03 Å². The molecule has 1 aromatic heterocycles. The van der Waals surface area contributed by atoms with Crippen molar-refractivity contribution in [3.05, 3.63) is 102 Å². The van der Waals surface area contributed by atoms with Crippen LogP contribution in [-0.4, -0.2) is 25.9 Å². The molecule has 2 amide bonds. The average molecular weight is 395 g/mol. The number of aromatic nitrogens is 3. The second-order valence-corrected chi connectivity index (χ2v) is 7.42. The number of anilines is 1. The monoisotopic (exact) mass is 395 g/mol. The van der Waals surface area contributed by atoms with Crippen molar-refractivity contribution < 1.29 is 4.79 Å². The predicted molar refractivity (Wildman–Crippen MR) is 116 cm³/mol. The molecule has 0 unspecified atom stereocenters. The average Bonchev–Trinajstić information content (AvgIpc) is 3.42. The largest absolute Gasteiger partial charge is 0.322 e. The third kappa shape index (κ3) is 3.80. The van der Waals surface area contributed by atoms with Gasteiger partial charge in [-0.05, 0) is 28.8 Å². The number of hydrogen-bond donors (Lipinski definition) is 1. The van der Waals surface area contributed by atoms with Crippen LogP contribution in [0, 0.1) is 0 Å². The molecular formula is C24H21N5O. The Morgan fingerprint density at radius 2 is 1.53 bits per heavy atom. The van der Waals surface area contributed by atoms with Crippen molar-refractivity contribution >= 4 is 11.7 Å². The van der Waals surface area contributed by atoms with E-state index in [2.05, 4.69) is 39.9 Å². The lowest BCUT2D eigenvalue weighted by molar-refractivity contribution is 0.212. The lowest BCUT2D eigenvalue weighted by Crippen LogP contribution is -2.30. The van der Waals surface area contributed by atoms with Gasteiger partial charge in [-0.3, -0.25) is 0 Å². The van der Waals surface area contributed by atoms with Crippen LogP contribution in [0.1, 0.15) is 16.7 Å². The molecule has 0 saturated carbocycles.